The summed E-state index contributed by atoms with van der Waals surface area (Å²) < 4.78 is 20.7. The molecule has 1 aromatic carbocycles. The van der Waals surface area contributed by atoms with Gasteiger partial charge in [0.1, 0.15) is 0 Å². The van der Waals surface area contributed by atoms with Gasteiger partial charge in [-0.1, -0.05) is 44.2 Å². The average molecular weight is 448 g/mol. The van der Waals surface area contributed by atoms with Crippen LogP contribution in [0.25, 0.3) is 0 Å². The van der Waals surface area contributed by atoms with Gasteiger partial charge in [0.25, 0.3) is 0 Å². The third-order valence-electron chi connectivity index (χ3n) is 4.32. The molecule has 9 heteroatoms. The molecule has 31 heavy (non-hydrogen) atoms. The number of ether oxygens (including phenoxy) is 4. The lowest BCUT2D eigenvalue weighted by Crippen LogP contribution is -2.31. The number of aliphatic hydroxyl groups excluding tert-OH is 4. The van der Waals surface area contributed by atoms with Crippen LogP contribution in [0.5, 0.6) is 0 Å². The zero-order valence-electron chi connectivity index (χ0n) is 19.0. The first-order chi connectivity index (χ1) is 15.1. The molecule has 0 saturated carbocycles. The second kappa shape index (κ2) is 20.7. The topological polar surface area (TPSA) is 130 Å². The van der Waals surface area contributed by atoms with Crippen LogP contribution in [0.4, 0.5) is 0 Å². The fourth-order valence-electron chi connectivity index (χ4n) is 2.37. The SMILES string of the molecule is CCC(CO)OC(CO)OC.CCC(CO)OC(CO)OCCNCc1ccccc1. The minimum absolute atomic E-state index is 0.0453. The Kier molecular flexibility index (Phi) is 20.0. The Balaban J connectivity index is 0.000000695. The normalized spacial score (nSPS) is 14.9. The summed E-state index contributed by atoms with van der Waals surface area (Å²) in [6.45, 7) is 5.19. The maximum Gasteiger partial charge on any atom is 0.181 e. The van der Waals surface area contributed by atoms with Gasteiger partial charge in [-0.25, -0.2) is 0 Å². The van der Waals surface area contributed by atoms with Crippen LogP contribution in [-0.2, 0) is 25.5 Å². The van der Waals surface area contributed by atoms with Crippen molar-refractivity contribution in [3.05, 3.63) is 35.9 Å². The van der Waals surface area contributed by atoms with E-state index in [1.165, 1.54) is 12.7 Å². The largest absolute Gasteiger partial charge is 0.394 e. The Hall–Kier alpha value is -1.14. The molecule has 0 aliphatic carbocycles. The van der Waals surface area contributed by atoms with Crippen LogP contribution in [0.15, 0.2) is 30.3 Å². The lowest BCUT2D eigenvalue weighted by Gasteiger charge is -2.21. The summed E-state index contributed by atoms with van der Waals surface area (Å²) in [7, 11) is 1.45. The average Bonchev–Trinajstić information content (AvgIpc) is 2.83. The van der Waals surface area contributed by atoms with Crippen LogP contribution in [0.2, 0.25) is 0 Å². The Bertz CT molecular complexity index is 472. The molecule has 0 fully saturated rings. The first-order valence-electron chi connectivity index (χ1n) is 10.7. The third-order valence-corrected chi connectivity index (χ3v) is 4.32. The van der Waals surface area contributed by atoms with Crippen LogP contribution < -0.4 is 5.32 Å². The Morgan fingerprint density at radius 2 is 1.35 bits per heavy atom. The number of benzene rings is 1. The van der Waals surface area contributed by atoms with Gasteiger partial charge >= 0.3 is 0 Å². The number of aliphatic hydroxyl groups is 4. The molecule has 4 unspecified atom stereocenters. The predicted octanol–water partition coefficient (Wildman–Crippen LogP) is 0.637. The van der Waals surface area contributed by atoms with Crippen LogP contribution in [0.3, 0.4) is 0 Å². The van der Waals surface area contributed by atoms with Gasteiger partial charge in [-0.2, -0.15) is 0 Å². The number of nitrogens with one attached hydrogen (secondary N) is 1. The lowest BCUT2D eigenvalue weighted by molar-refractivity contribution is -0.194. The second-order valence-electron chi connectivity index (χ2n) is 6.69. The van der Waals surface area contributed by atoms with Crippen molar-refractivity contribution in [3.8, 4) is 0 Å². The zero-order chi connectivity index (χ0) is 23.3. The van der Waals surface area contributed by atoms with Crippen LogP contribution in [0.1, 0.15) is 32.3 Å². The van der Waals surface area contributed by atoms with Crippen molar-refractivity contribution in [1.82, 2.24) is 5.32 Å². The molecule has 1 aromatic rings. The highest BCUT2D eigenvalue weighted by Crippen LogP contribution is 2.04. The summed E-state index contributed by atoms with van der Waals surface area (Å²) in [4.78, 5) is 0. The highest BCUT2D eigenvalue weighted by molar-refractivity contribution is 5.14. The summed E-state index contributed by atoms with van der Waals surface area (Å²) in [6, 6.07) is 10.1. The monoisotopic (exact) mass is 447 g/mol. The van der Waals surface area contributed by atoms with Crippen LogP contribution in [0, 0.1) is 0 Å². The van der Waals surface area contributed by atoms with Gasteiger partial charge in [0, 0.05) is 20.2 Å². The Morgan fingerprint density at radius 1 is 0.806 bits per heavy atom. The number of rotatable bonds is 17. The fraction of sp³-hybridized carbons (Fsp3) is 0.727. The smallest absolute Gasteiger partial charge is 0.181 e. The minimum Gasteiger partial charge on any atom is -0.394 e. The summed E-state index contributed by atoms with van der Waals surface area (Å²) >= 11 is 0. The van der Waals surface area contributed by atoms with Crippen molar-refractivity contribution in [2.24, 2.45) is 0 Å². The Morgan fingerprint density at radius 3 is 1.81 bits per heavy atom. The van der Waals surface area contributed by atoms with E-state index in [-0.39, 0.29) is 38.6 Å². The van der Waals surface area contributed by atoms with Gasteiger partial charge in [0.15, 0.2) is 12.6 Å². The minimum atomic E-state index is -0.675. The van der Waals surface area contributed by atoms with Crippen molar-refractivity contribution in [2.45, 2.75) is 58.0 Å². The summed E-state index contributed by atoms with van der Waals surface area (Å²) in [5, 5.41) is 38.8. The van der Waals surface area contributed by atoms with Gasteiger partial charge in [-0.3, -0.25) is 0 Å². The van der Waals surface area contributed by atoms with Crippen molar-refractivity contribution >= 4 is 0 Å². The maximum absolute atomic E-state index is 9.15. The van der Waals surface area contributed by atoms with Gasteiger partial charge in [-0.05, 0) is 18.4 Å². The lowest BCUT2D eigenvalue weighted by atomic mass is 10.2. The molecule has 4 atom stereocenters. The van der Waals surface area contributed by atoms with E-state index in [4.69, 9.17) is 39.4 Å². The molecular formula is C22H41NO8. The summed E-state index contributed by atoms with van der Waals surface area (Å²) in [5.41, 5.74) is 1.22. The first-order valence-corrected chi connectivity index (χ1v) is 10.7. The molecule has 0 heterocycles. The van der Waals surface area contributed by atoms with E-state index in [1.807, 2.05) is 32.0 Å². The van der Waals surface area contributed by atoms with Crippen LogP contribution in [-0.4, -0.2) is 91.9 Å². The molecule has 0 radical (unpaired) electrons. The quantitative estimate of drug-likeness (QED) is 0.172. The van der Waals surface area contributed by atoms with Crippen molar-refractivity contribution < 1.29 is 39.4 Å². The van der Waals surface area contributed by atoms with E-state index in [0.29, 0.717) is 26.0 Å². The van der Waals surface area contributed by atoms with Crippen molar-refractivity contribution in [2.75, 3.05) is 46.7 Å². The Labute approximate surface area is 185 Å². The van der Waals surface area contributed by atoms with E-state index in [1.54, 1.807) is 0 Å². The van der Waals surface area contributed by atoms with E-state index in [2.05, 4.69) is 17.4 Å². The van der Waals surface area contributed by atoms with E-state index in [0.717, 1.165) is 6.54 Å². The highest BCUT2D eigenvalue weighted by Gasteiger charge is 2.14. The molecule has 1 rings (SSSR count). The molecule has 0 aliphatic heterocycles. The van der Waals surface area contributed by atoms with Gasteiger partial charge in [-0.15, -0.1) is 0 Å². The fourth-order valence-corrected chi connectivity index (χ4v) is 2.37. The molecule has 0 amide bonds. The molecule has 0 bridgehead atoms. The zero-order valence-corrected chi connectivity index (χ0v) is 19.0. The number of hydrogen-bond donors (Lipinski definition) is 5. The maximum atomic E-state index is 9.15. The first kappa shape index (κ1) is 29.9. The molecular weight excluding hydrogens is 406 g/mol. The van der Waals surface area contributed by atoms with E-state index < -0.39 is 12.6 Å². The molecule has 0 aliphatic rings. The third kappa shape index (κ3) is 15.3. The molecule has 0 saturated heterocycles. The molecule has 182 valence electrons. The van der Waals surface area contributed by atoms with E-state index >= 15 is 0 Å². The van der Waals surface area contributed by atoms with Crippen molar-refractivity contribution in [1.29, 1.82) is 0 Å². The molecule has 5 N–H and O–H groups in total. The van der Waals surface area contributed by atoms with Crippen LogP contribution >= 0.6 is 0 Å². The predicted molar refractivity (Wildman–Crippen MR) is 117 cm³/mol. The van der Waals surface area contributed by atoms with Gasteiger partial charge in [0.05, 0.1) is 45.2 Å². The second-order valence-corrected chi connectivity index (χ2v) is 6.69. The standard InChI is InChI=1S/C15H25NO4.C7H16O4/c1-2-14(11-17)20-15(12-18)19-9-8-16-10-13-6-4-3-5-7-13;1-3-6(4-8)11-7(5-9)10-2/h3-7,14-18H,2,8-12H2,1H3;6-9H,3-5H2,1-2H3. The van der Waals surface area contributed by atoms with E-state index in [9.17, 15) is 0 Å². The van der Waals surface area contributed by atoms with Gasteiger partial charge in [0.2, 0.25) is 0 Å². The van der Waals surface area contributed by atoms with Gasteiger partial charge < -0.3 is 44.7 Å². The molecule has 0 aromatic heterocycles. The number of hydrogen-bond acceptors (Lipinski definition) is 9. The molecule has 0 spiro atoms. The number of methoxy groups -OCH3 is 1. The highest BCUT2D eigenvalue weighted by atomic mass is 16.7. The molecule has 9 nitrogen and oxygen atoms in total. The van der Waals surface area contributed by atoms with Crippen molar-refractivity contribution in [3.63, 3.8) is 0 Å². The summed E-state index contributed by atoms with van der Waals surface area (Å²) in [5.74, 6) is 0. The summed E-state index contributed by atoms with van der Waals surface area (Å²) in [6.07, 6.45) is -0.437.